The summed E-state index contributed by atoms with van der Waals surface area (Å²) in [4.78, 5) is 11.5. The minimum atomic E-state index is -0.406. The molecule has 0 fully saturated rings. The summed E-state index contributed by atoms with van der Waals surface area (Å²) in [5.74, 6) is 5.48. The molecule has 2 aromatic rings. The molecule has 0 aliphatic heterocycles. The molecule has 0 aliphatic rings. The fourth-order valence-electron chi connectivity index (χ4n) is 2.17. The molecule has 6 nitrogen and oxygen atoms in total. The van der Waals surface area contributed by atoms with Crippen LogP contribution in [-0.2, 0) is 0 Å². The van der Waals surface area contributed by atoms with Crippen LogP contribution in [0.4, 0.5) is 0 Å². The third kappa shape index (κ3) is 4.08. The van der Waals surface area contributed by atoms with Crippen molar-refractivity contribution in [3.8, 4) is 17.0 Å². The molecular formula is C16H22N4O2. The number of hydrazine groups is 1. The first kappa shape index (κ1) is 16.0. The molecular weight excluding hydrogens is 280 g/mol. The lowest BCUT2D eigenvalue weighted by molar-refractivity contribution is 0.0948. The number of carbonyl (C=O) groups excluding carboxylic acids is 1. The van der Waals surface area contributed by atoms with Gasteiger partial charge in [-0.2, -0.15) is 5.10 Å². The molecule has 0 aliphatic carbocycles. The number of benzene rings is 1. The number of unbranched alkanes of at least 4 members (excludes halogenated alkanes) is 3. The highest BCUT2D eigenvalue weighted by atomic mass is 16.5. The summed E-state index contributed by atoms with van der Waals surface area (Å²) in [5, 5.41) is 6.82. The second kappa shape index (κ2) is 8.19. The monoisotopic (exact) mass is 302 g/mol. The SMILES string of the molecule is CCCCCCOc1ccccc1-c1cc(C(=O)NN)[nH]n1. The molecule has 118 valence electrons. The summed E-state index contributed by atoms with van der Waals surface area (Å²) < 4.78 is 5.86. The van der Waals surface area contributed by atoms with Crippen LogP contribution in [0.25, 0.3) is 11.3 Å². The Balaban J connectivity index is 2.07. The second-order valence-corrected chi connectivity index (χ2v) is 5.05. The van der Waals surface area contributed by atoms with E-state index in [0.717, 1.165) is 17.7 Å². The van der Waals surface area contributed by atoms with E-state index in [2.05, 4.69) is 22.5 Å². The van der Waals surface area contributed by atoms with E-state index in [0.29, 0.717) is 18.0 Å². The topological polar surface area (TPSA) is 93.0 Å². The average molecular weight is 302 g/mol. The number of nitrogens with zero attached hydrogens (tertiary/aromatic N) is 1. The number of nitrogens with two attached hydrogens (primary N) is 1. The number of para-hydroxylation sites is 1. The molecule has 0 atom stereocenters. The zero-order chi connectivity index (χ0) is 15.8. The van der Waals surface area contributed by atoms with E-state index in [1.165, 1.54) is 19.3 Å². The number of aromatic amines is 1. The third-order valence-electron chi connectivity index (χ3n) is 3.37. The van der Waals surface area contributed by atoms with Crippen molar-refractivity contribution in [2.75, 3.05) is 6.61 Å². The zero-order valence-corrected chi connectivity index (χ0v) is 12.8. The second-order valence-electron chi connectivity index (χ2n) is 5.05. The Kier molecular flexibility index (Phi) is 5.97. The molecule has 0 saturated heterocycles. The average Bonchev–Trinajstić information content (AvgIpc) is 3.04. The van der Waals surface area contributed by atoms with Crippen LogP contribution < -0.4 is 16.0 Å². The van der Waals surface area contributed by atoms with Crippen LogP contribution in [0.5, 0.6) is 5.75 Å². The van der Waals surface area contributed by atoms with E-state index in [1.54, 1.807) is 6.07 Å². The predicted octanol–water partition coefficient (Wildman–Crippen LogP) is 2.64. The van der Waals surface area contributed by atoms with Gasteiger partial charge >= 0.3 is 0 Å². The maximum Gasteiger partial charge on any atom is 0.283 e. The number of nitrogens with one attached hydrogen (secondary N) is 2. The molecule has 1 heterocycles. The van der Waals surface area contributed by atoms with Gasteiger partial charge in [0.15, 0.2) is 0 Å². The summed E-state index contributed by atoms with van der Waals surface area (Å²) in [6.07, 6.45) is 4.63. The molecule has 1 aromatic carbocycles. The van der Waals surface area contributed by atoms with E-state index in [4.69, 9.17) is 10.6 Å². The Hall–Kier alpha value is -2.34. The number of amides is 1. The van der Waals surface area contributed by atoms with Crippen LogP contribution in [0, 0.1) is 0 Å². The summed E-state index contributed by atoms with van der Waals surface area (Å²) in [6, 6.07) is 9.32. The number of nitrogen functional groups attached to an aromatic ring is 1. The van der Waals surface area contributed by atoms with Crippen LogP contribution in [-0.4, -0.2) is 22.7 Å². The van der Waals surface area contributed by atoms with Crippen LogP contribution in [0.1, 0.15) is 43.1 Å². The normalized spacial score (nSPS) is 10.5. The van der Waals surface area contributed by atoms with Gasteiger partial charge in [0.25, 0.3) is 5.91 Å². The van der Waals surface area contributed by atoms with Gasteiger partial charge in [-0.1, -0.05) is 38.3 Å². The van der Waals surface area contributed by atoms with Crippen molar-refractivity contribution in [2.45, 2.75) is 32.6 Å². The van der Waals surface area contributed by atoms with Crippen molar-refractivity contribution in [1.29, 1.82) is 0 Å². The Morgan fingerprint density at radius 1 is 1.32 bits per heavy atom. The number of H-pyrrole nitrogens is 1. The molecule has 4 N–H and O–H groups in total. The molecule has 0 spiro atoms. The van der Waals surface area contributed by atoms with Crippen LogP contribution in [0.15, 0.2) is 30.3 Å². The van der Waals surface area contributed by atoms with Gasteiger partial charge < -0.3 is 4.74 Å². The first-order chi connectivity index (χ1) is 10.8. The fourth-order valence-corrected chi connectivity index (χ4v) is 2.17. The highest BCUT2D eigenvalue weighted by Crippen LogP contribution is 2.28. The van der Waals surface area contributed by atoms with E-state index in [1.807, 2.05) is 24.3 Å². The highest BCUT2D eigenvalue weighted by Gasteiger charge is 2.13. The van der Waals surface area contributed by atoms with Gasteiger partial charge in [0.05, 0.1) is 12.3 Å². The Bertz CT molecular complexity index is 610. The van der Waals surface area contributed by atoms with Crippen molar-refractivity contribution < 1.29 is 9.53 Å². The van der Waals surface area contributed by atoms with Gasteiger partial charge in [-0.25, -0.2) is 5.84 Å². The molecule has 1 amide bonds. The molecule has 0 bridgehead atoms. The van der Waals surface area contributed by atoms with E-state index < -0.39 is 5.91 Å². The molecule has 0 saturated carbocycles. The van der Waals surface area contributed by atoms with Crippen molar-refractivity contribution in [3.63, 3.8) is 0 Å². The van der Waals surface area contributed by atoms with Gasteiger partial charge in [-0.3, -0.25) is 15.3 Å². The molecule has 0 radical (unpaired) electrons. The van der Waals surface area contributed by atoms with Crippen LogP contribution in [0.3, 0.4) is 0 Å². The largest absolute Gasteiger partial charge is 0.493 e. The van der Waals surface area contributed by atoms with Gasteiger partial charge in [0, 0.05) is 5.56 Å². The predicted molar refractivity (Wildman–Crippen MR) is 85.3 cm³/mol. The Morgan fingerprint density at radius 2 is 2.14 bits per heavy atom. The summed E-state index contributed by atoms with van der Waals surface area (Å²) in [7, 11) is 0. The number of aromatic nitrogens is 2. The smallest absolute Gasteiger partial charge is 0.283 e. The Morgan fingerprint density at radius 3 is 2.91 bits per heavy atom. The van der Waals surface area contributed by atoms with E-state index in [-0.39, 0.29) is 0 Å². The van der Waals surface area contributed by atoms with E-state index in [9.17, 15) is 4.79 Å². The number of rotatable bonds is 8. The Labute approximate surface area is 130 Å². The molecule has 6 heteroatoms. The number of ether oxygens (including phenoxy) is 1. The molecule has 22 heavy (non-hydrogen) atoms. The number of hydrogen-bond acceptors (Lipinski definition) is 4. The van der Waals surface area contributed by atoms with Crippen LogP contribution in [0.2, 0.25) is 0 Å². The lowest BCUT2D eigenvalue weighted by atomic mass is 10.1. The minimum Gasteiger partial charge on any atom is -0.493 e. The number of carbonyl (C=O) groups is 1. The van der Waals surface area contributed by atoms with Gasteiger partial charge in [0.1, 0.15) is 11.4 Å². The minimum absolute atomic E-state index is 0.315. The van der Waals surface area contributed by atoms with Gasteiger partial charge in [-0.15, -0.1) is 0 Å². The maximum atomic E-state index is 11.5. The van der Waals surface area contributed by atoms with Gasteiger partial charge in [-0.05, 0) is 24.6 Å². The quantitative estimate of drug-likeness (QED) is 0.302. The molecule has 2 rings (SSSR count). The van der Waals surface area contributed by atoms with E-state index >= 15 is 0 Å². The van der Waals surface area contributed by atoms with Crippen molar-refractivity contribution in [2.24, 2.45) is 5.84 Å². The summed E-state index contributed by atoms with van der Waals surface area (Å²) in [6.45, 7) is 2.86. The van der Waals surface area contributed by atoms with Crippen molar-refractivity contribution in [3.05, 3.63) is 36.0 Å². The summed E-state index contributed by atoms with van der Waals surface area (Å²) >= 11 is 0. The van der Waals surface area contributed by atoms with Crippen molar-refractivity contribution in [1.82, 2.24) is 15.6 Å². The zero-order valence-electron chi connectivity index (χ0n) is 12.8. The maximum absolute atomic E-state index is 11.5. The first-order valence-corrected chi connectivity index (χ1v) is 7.54. The fraction of sp³-hybridized carbons (Fsp3) is 0.375. The molecule has 1 aromatic heterocycles. The lowest BCUT2D eigenvalue weighted by Crippen LogP contribution is -2.30. The standard InChI is InChI=1S/C16H22N4O2/c1-2-3-4-7-10-22-15-9-6-5-8-12(15)13-11-14(20-19-13)16(21)18-17/h5-6,8-9,11H,2-4,7,10,17H2,1H3,(H,18,21)(H,19,20). The van der Waals surface area contributed by atoms with Crippen molar-refractivity contribution >= 4 is 5.91 Å². The molecule has 0 unspecified atom stereocenters. The third-order valence-corrected chi connectivity index (χ3v) is 3.37. The number of hydrogen-bond donors (Lipinski definition) is 3. The highest BCUT2D eigenvalue weighted by molar-refractivity contribution is 5.93. The van der Waals surface area contributed by atoms with Crippen LogP contribution >= 0.6 is 0 Å². The van der Waals surface area contributed by atoms with Gasteiger partial charge in [0.2, 0.25) is 0 Å². The lowest BCUT2D eigenvalue weighted by Gasteiger charge is -2.09. The summed E-state index contributed by atoms with van der Waals surface area (Å²) in [5.41, 5.74) is 3.90. The first-order valence-electron chi connectivity index (χ1n) is 7.54.